The Morgan fingerprint density at radius 1 is 1.16 bits per heavy atom. The normalized spacial score (nSPS) is 19.3. The number of nitrogens with zero attached hydrogens (tertiary/aromatic N) is 4. The van der Waals surface area contributed by atoms with E-state index in [0.29, 0.717) is 13.1 Å². The second-order valence-corrected chi connectivity index (χ2v) is 8.27. The van der Waals surface area contributed by atoms with Crippen LogP contribution in [0.2, 0.25) is 5.15 Å². The lowest BCUT2D eigenvalue weighted by atomic mass is 10.0. The Morgan fingerprint density at radius 2 is 1.88 bits per heavy atom. The molecule has 1 saturated heterocycles. The van der Waals surface area contributed by atoms with Gasteiger partial charge >= 0.3 is 5.97 Å². The maximum atomic E-state index is 13.4. The van der Waals surface area contributed by atoms with E-state index >= 15 is 0 Å². The summed E-state index contributed by atoms with van der Waals surface area (Å²) in [5.74, 6) is -3.28. The summed E-state index contributed by atoms with van der Waals surface area (Å²) in [5, 5.41) is 12.4. The number of amides is 1. The highest BCUT2D eigenvalue weighted by atomic mass is 35.5. The fraction of sp³-hybridized carbons (Fsp3) is 0.318. The molecule has 1 aromatic carbocycles. The average Bonchev–Trinajstić information content (AvgIpc) is 3.17. The number of piperazine rings is 1. The van der Waals surface area contributed by atoms with Crippen molar-refractivity contribution >= 4 is 40.4 Å². The molecule has 10 heteroatoms. The van der Waals surface area contributed by atoms with Gasteiger partial charge in [-0.15, -0.1) is 0 Å². The van der Waals surface area contributed by atoms with Gasteiger partial charge in [0.15, 0.2) is 5.69 Å². The topological polar surface area (TPSA) is 117 Å². The summed E-state index contributed by atoms with van der Waals surface area (Å²) in [5.41, 5.74) is 0.745. The Balaban J connectivity index is 1.59. The van der Waals surface area contributed by atoms with Gasteiger partial charge in [0.25, 0.3) is 17.4 Å². The van der Waals surface area contributed by atoms with Crippen LogP contribution < -0.4 is 0 Å². The smallest absolute Gasteiger partial charge is 0.379 e. The number of pyridine rings is 1. The second-order valence-electron chi connectivity index (χ2n) is 7.92. The number of rotatable bonds is 5. The Labute approximate surface area is 188 Å². The monoisotopic (exact) mass is 456 g/mol. The molecule has 2 aromatic heterocycles. The van der Waals surface area contributed by atoms with Crippen molar-refractivity contribution in [3.63, 3.8) is 0 Å². The van der Waals surface area contributed by atoms with Gasteiger partial charge < -0.3 is 14.5 Å². The number of carboxylic acid groups (broad SMARTS) is 1. The molecule has 9 nitrogen and oxygen atoms in total. The quantitative estimate of drug-likeness (QED) is 0.354. The van der Waals surface area contributed by atoms with Crippen LogP contribution in [0.4, 0.5) is 0 Å². The van der Waals surface area contributed by atoms with Crippen LogP contribution in [0.1, 0.15) is 40.3 Å². The van der Waals surface area contributed by atoms with Crippen molar-refractivity contribution < 1.29 is 24.0 Å². The molecule has 3 aromatic rings. The molecule has 1 amide bonds. The highest BCUT2D eigenvalue weighted by molar-refractivity contribution is 6.41. The minimum atomic E-state index is -1.68. The van der Waals surface area contributed by atoms with Gasteiger partial charge in [0.2, 0.25) is 0 Å². The van der Waals surface area contributed by atoms with Crippen LogP contribution in [0.3, 0.4) is 0 Å². The number of benzene rings is 1. The van der Waals surface area contributed by atoms with E-state index in [0.717, 1.165) is 6.54 Å². The van der Waals surface area contributed by atoms with Crippen molar-refractivity contribution in [2.75, 3.05) is 13.1 Å². The fourth-order valence-electron chi connectivity index (χ4n) is 3.94. The number of ketones is 1. The first-order valence-electron chi connectivity index (χ1n) is 10.1. The molecule has 0 spiro atoms. The Hall–Kier alpha value is -3.30. The van der Waals surface area contributed by atoms with E-state index < -0.39 is 17.4 Å². The average molecular weight is 457 g/mol. The van der Waals surface area contributed by atoms with Crippen LogP contribution in [-0.4, -0.2) is 67.9 Å². The van der Waals surface area contributed by atoms with Gasteiger partial charge in [-0.1, -0.05) is 47.1 Å². The minimum absolute atomic E-state index is 0.0357. The van der Waals surface area contributed by atoms with Gasteiger partial charge in [0.1, 0.15) is 5.15 Å². The summed E-state index contributed by atoms with van der Waals surface area (Å²) in [6, 6.07) is 11.5. The number of fused-ring (bicyclic) bond motifs is 1. The molecule has 3 heterocycles. The SMILES string of the molecule is C[C@@H]1CN(Cc2ccccc2)[C@@H](C)CN1C(=O)c1cc2c(C(=O)C(=O)O)noc2nc1Cl. The standard InChI is InChI=1S/C22H21ClN4O5/c1-12-10-27(13(2)9-26(12)11-14-6-4-3-5-7-14)21(29)16-8-15-17(18(28)22(30)31)25-32-20(15)24-19(16)23/h3-8,12-13H,9-11H2,1-2H3,(H,30,31)/t12-,13+/m0/s1. The highest BCUT2D eigenvalue weighted by Crippen LogP contribution is 2.27. The van der Waals surface area contributed by atoms with Gasteiger partial charge in [-0.05, 0) is 25.5 Å². The molecule has 0 radical (unpaired) electrons. The summed E-state index contributed by atoms with van der Waals surface area (Å²) < 4.78 is 4.93. The molecule has 1 N–H and O–H groups in total. The molecule has 2 atom stereocenters. The van der Waals surface area contributed by atoms with Gasteiger partial charge in [0.05, 0.1) is 10.9 Å². The number of hydrogen-bond acceptors (Lipinski definition) is 7. The van der Waals surface area contributed by atoms with E-state index in [1.165, 1.54) is 11.6 Å². The Kier molecular flexibility index (Phi) is 5.94. The molecular weight excluding hydrogens is 436 g/mol. The summed E-state index contributed by atoms with van der Waals surface area (Å²) >= 11 is 6.23. The van der Waals surface area contributed by atoms with E-state index in [1.54, 1.807) is 4.90 Å². The molecule has 1 fully saturated rings. The summed E-state index contributed by atoms with van der Waals surface area (Å²) in [7, 11) is 0. The van der Waals surface area contributed by atoms with E-state index in [2.05, 4.69) is 34.1 Å². The first kappa shape index (κ1) is 21.9. The molecule has 0 aliphatic carbocycles. The molecule has 0 saturated carbocycles. The van der Waals surface area contributed by atoms with Crippen molar-refractivity contribution in [2.45, 2.75) is 32.5 Å². The lowest BCUT2D eigenvalue weighted by molar-refractivity contribution is -0.131. The third-order valence-electron chi connectivity index (χ3n) is 5.66. The van der Waals surface area contributed by atoms with E-state index in [1.807, 2.05) is 25.1 Å². The van der Waals surface area contributed by atoms with Crippen molar-refractivity contribution in [1.29, 1.82) is 0 Å². The lowest BCUT2D eigenvalue weighted by Crippen LogP contribution is -2.57. The van der Waals surface area contributed by atoms with E-state index in [9.17, 15) is 14.4 Å². The molecule has 4 rings (SSSR count). The summed E-state index contributed by atoms with van der Waals surface area (Å²) in [6.07, 6.45) is 0. The predicted octanol–water partition coefficient (Wildman–Crippen LogP) is 2.88. The van der Waals surface area contributed by atoms with E-state index in [-0.39, 0.29) is 39.8 Å². The van der Waals surface area contributed by atoms with Crippen molar-refractivity contribution in [3.05, 3.63) is 58.4 Å². The molecule has 0 bridgehead atoms. The molecule has 0 unspecified atom stereocenters. The Morgan fingerprint density at radius 3 is 2.56 bits per heavy atom. The maximum Gasteiger partial charge on any atom is 0.379 e. The number of aromatic nitrogens is 2. The van der Waals surface area contributed by atoms with Crippen molar-refractivity contribution in [1.82, 2.24) is 19.9 Å². The van der Waals surface area contributed by atoms with Crippen LogP contribution in [0.5, 0.6) is 0 Å². The molecule has 1 aliphatic rings. The van der Waals surface area contributed by atoms with Crippen LogP contribution in [0.15, 0.2) is 40.9 Å². The zero-order chi connectivity index (χ0) is 23.0. The number of Topliss-reactive ketones (excluding diaryl/α,β-unsaturated/α-hetero) is 1. The van der Waals surface area contributed by atoms with Crippen molar-refractivity contribution in [2.24, 2.45) is 0 Å². The third kappa shape index (κ3) is 4.09. The third-order valence-corrected chi connectivity index (χ3v) is 5.95. The lowest BCUT2D eigenvalue weighted by Gasteiger charge is -2.44. The van der Waals surface area contributed by atoms with Crippen LogP contribution in [0.25, 0.3) is 11.1 Å². The highest BCUT2D eigenvalue weighted by Gasteiger charge is 2.34. The van der Waals surface area contributed by atoms with Gasteiger partial charge in [-0.25, -0.2) is 4.79 Å². The molecule has 32 heavy (non-hydrogen) atoms. The van der Waals surface area contributed by atoms with Crippen molar-refractivity contribution in [3.8, 4) is 0 Å². The first-order chi connectivity index (χ1) is 15.3. The number of aliphatic carboxylic acids is 1. The molecule has 166 valence electrons. The predicted molar refractivity (Wildman–Crippen MR) is 116 cm³/mol. The summed E-state index contributed by atoms with van der Waals surface area (Å²) in [6.45, 7) is 5.95. The van der Waals surface area contributed by atoms with Crippen LogP contribution in [0, 0.1) is 0 Å². The van der Waals surface area contributed by atoms with Gasteiger partial charge in [0, 0.05) is 31.7 Å². The van der Waals surface area contributed by atoms with Gasteiger partial charge in [-0.3, -0.25) is 14.5 Å². The zero-order valence-electron chi connectivity index (χ0n) is 17.5. The van der Waals surface area contributed by atoms with Crippen LogP contribution in [-0.2, 0) is 11.3 Å². The fourth-order valence-corrected chi connectivity index (χ4v) is 4.15. The number of halogens is 1. The Bertz CT molecular complexity index is 1200. The number of carboxylic acids is 1. The maximum absolute atomic E-state index is 13.4. The number of carbonyl (C=O) groups excluding carboxylic acids is 2. The van der Waals surface area contributed by atoms with Crippen LogP contribution >= 0.6 is 11.6 Å². The minimum Gasteiger partial charge on any atom is -0.475 e. The molecular formula is C22H21ClN4O5. The summed E-state index contributed by atoms with van der Waals surface area (Å²) in [4.78, 5) is 44.3. The number of hydrogen-bond donors (Lipinski definition) is 1. The first-order valence-corrected chi connectivity index (χ1v) is 10.5. The zero-order valence-corrected chi connectivity index (χ0v) is 18.2. The number of carbonyl (C=O) groups is 3. The van der Waals surface area contributed by atoms with E-state index in [4.69, 9.17) is 21.2 Å². The largest absolute Gasteiger partial charge is 0.475 e. The molecule has 1 aliphatic heterocycles. The second kappa shape index (κ2) is 8.68. The van der Waals surface area contributed by atoms with Gasteiger partial charge in [-0.2, -0.15) is 4.98 Å².